The van der Waals surface area contributed by atoms with E-state index in [1.165, 1.54) is 16.8 Å². The van der Waals surface area contributed by atoms with Crippen LogP contribution in [-0.2, 0) is 12.8 Å². The number of nitro groups is 1. The first-order chi connectivity index (χ1) is 11.7. The number of aryl methyl sites for hydroxylation is 1. The Balaban J connectivity index is 1.71. The summed E-state index contributed by atoms with van der Waals surface area (Å²) in [5.74, 6) is 1.29. The Morgan fingerprint density at radius 3 is 2.71 bits per heavy atom. The first kappa shape index (κ1) is 14.8. The lowest BCUT2D eigenvalue weighted by Gasteiger charge is -2.23. The molecular formula is C19H18N2O3. The maximum atomic E-state index is 11.1. The van der Waals surface area contributed by atoms with Gasteiger partial charge >= 0.3 is 0 Å². The maximum absolute atomic E-state index is 11.1. The van der Waals surface area contributed by atoms with Gasteiger partial charge < -0.3 is 9.72 Å². The van der Waals surface area contributed by atoms with Crippen LogP contribution in [0.25, 0.3) is 10.9 Å². The average Bonchev–Trinajstić information content (AvgIpc) is 2.98. The normalized spacial score (nSPS) is 16.8. The van der Waals surface area contributed by atoms with E-state index < -0.39 is 0 Å². The summed E-state index contributed by atoms with van der Waals surface area (Å²) in [6, 6.07) is 13.3. The number of methoxy groups -OCH3 is 1. The number of nitrogens with zero attached hydrogens (tertiary/aromatic N) is 1. The van der Waals surface area contributed by atoms with E-state index in [2.05, 4.69) is 17.1 Å². The van der Waals surface area contributed by atoms with Gasteiger partial charge in [-0.25, -0.2) is 0 Å². The Morgan fingerprint density at radius 2 is 2.00 bits per heavy atom. The van der Waals surface area contributed by atoms with E-state index >= 15 is 0 Å². The molecule has 5 nitrogen and oxygen atoms in total. The monoisotopic (exact) mass is 322 g/mol. The second kappa shape index (κ2) is 5.67. The highest BCUT2D eigenvalue weighted by Crippen LogP contribution is 2.37. The zero-order chi connectivity index (χ0) is 16.7. The Bertz CT molecular complexity index is 912. The molecule has 4 rings (SSSR count). The SMILES string of the molecule is COc1ccc(C2CCc3[nH]c4ccc([N+](=O)[O-])cc4c3C2)cc1. The minimum Gasteiger partial charge on any atom is -0.497 e. The lowest BCUT2D eigenvalue weighted by Crippen LogP contribution is -2.12. The number of ether oxygens (including phenoxy) is 1. The van der Waals surface area contributed by atoms with E-state index in [1.807, 2.05) is 18.2 Å². The molecule has 5 heteroatoms. The van der Waals surface area contributed by atoms with Crippen LogP contribution >= 0.6 is 0 Å². The van der Waals surface area contributed by atoms with E-state index in [0.29, 0.717) is 5.92 Å². The van der Waals surface area contributed by atoms with Gasteiger partial charge in [-0.05, 0) is 54.5 Å². The first-order valence-electron chi connectivity index (χ1n) is 8.07. The van der Waals surface area contributed by atoms with Crippen molar-refractivity contribution in [2.24, 2.45) is 0 Å². The number of nitro benzene ring substituents is 1. The molecule has 0 aliphatic heterocycles. The van der Waals surface area contributed by atoms with Gasteiger partial charge in [0.2, 0.25) is 0 Å². The minimum absolute atomic E-state index is 0.149. The number of H-pyrrole nitrogens is 1. The zero-order valence-electron chi connectivity index (χ0n) is 13.4. The molecule has 24 heavy (non-hydrogen) atoms. The van der Waals surface area contributed by atoms with E-state index in [9.17, 15) is 10.1 Å². The van der Waals surface area contributed by atoms with Crippen molar-refractivity contribution in [1.82, 2.24) is 4.98 Å². The van der Waals surface area contributed by atoms with Crippen molar-refractivity contribution in [3.63, 3.8) is 0 Å². The van der Waals surface area contributed by atoms with Crippen LogP contribution in [0.4, 0.5) is 5.69 Å². The van der Waals surface area contributed by atoms with Crippen LogP contribution in [-0.4, -0.2) is 17.0 Å². The fourth-order valence-electron chi connectivity index (χ4n) is 3.68. The standard InChI is InChI=1S/C19H18N2O3/c1-24-15-6-2-12(3-7-15)13-4-8-18-16(10-13)17-11-14(21(22)23)5-9-19(17)20-18/h2-3,5-7,9,11,13,20H,4,8,10H2,1H3. The molecule has 1 N–H and O–H groups in total. The molecule has 1 heterocycles. The molecule has 0 saturated carbocycles. The van der Waals surface area contributed by atoms with Gasteiger partial charge in [-0.1, -0.05) is 12.1 Å². The summed E-state index contributed by atoms with van der Waals surface area (Å²) in [6.07, 6.45) is 2.95. The number of non-ortho nitro benzene ring substituents is 1. The number of aromatic amines is 1. The molecule has 1 aliphatic rings. The van der Waals surface area contributed by atoms with Crippen molar-refractivity contribution in [3.05, 3.63) is 69.4 Å². The number of hydrogen-bond acceptors (Lipinski definition) is 3. The number of fused-ring (bicyclic) bond motifs is 3. The predicted octanol–water partition coefficient (Wildman–Crippen LogP) is 4.36. The minimum atomic E-state index is -0.331. The molecule has 0 amide bonds. The summed E-state index contributed by atoms with van der Waals surface area (Å²) in [6.45, 7) is 0. The summed E-state index contributed by atoms with van der Waals surface area (Å²) < 4.78 is 5.22. The topological polar surface area (TPSA) is 68.2 Å². The summed E-state index contributed by atoms with van der Waals surface area (Å²) in [4.78, 5) is 14.2. The molecule has 1 unspecified atom stereocenters. The van der Waals surface area contributed by atoms with Crippen molar-refractivity contribution < 1.29 is 9.66 Å². The van der Waals surface area contributed by atoms with Gasteiger partial charge in [0.25, 0.3) is 5.69 Å². The van der Waals surface area contributed by atoms with Crippen molar-refractivity contribution in [2.45, 2.75) is 25.2 Å². The van der Waals surface area contributed by atoms with Gasteiger partial charge in [0.05, 0.1) is 12.0 Å². The third-order valence-electron chi connectivity index (χ3n) is 4.97. The van der Waals surface area contributed by atoms with Gasteiger partial charge in [-0.3, -0.25) is 10.1 Å². The molecule has 3 aromatic rings. The fourth-order valence-corrected chi connectivity index (χ4v) is 3.68. The summed E-state index contributed by atoms with van der Waals surface area (Å²) in [5.41, 5.74) is 4.87. The van der Waals surface area contributed by atoms with E-state index in [1.54, 1.807) is 19.2 Å². The van der Waals surface area contributed by atoms with Crippen LogP contribution in [0.2, 0.25) is 0 Å². The predicted molar refractivity (Wildman–Crippen MR) is 92.7 cm³/mol. The molecule has 1 atom stereocenters. The van der Waals surface area contributed by atoms with Crippen molar-refractivity contribution in [1.29, 1.82) is 0 Å². The van der Waals surface area contributed by atoms with Crippen LogP contribution in [0.15, 0.2) is 42.5 Å². The summed E-state index contributed by atoms with van der Waals surface area (Å²) in [5, 5.41) is 12.0. The Hall–Kier alpha value is -2.82. The number of rotatable bonds is 3. The van der Waals surface area contributed by atoms with Gasteiger partial charge in [-0.2, -0.15) is 0 Å². The van der Waals surface area contributed by atoms with Gasteiger partial charge in [0.1, 0.15) is 5.75 Å². The number of hydrogen-bond donors (Lipinski definition) is 1. The summed E-state index contributed by atoms with van der Waals surface area (Å²) in [7, 11) is 1.67. The number of benzene rings is 2. The molecular weight excluding hydrogens is 304 g/mol. The molecule has 0 bridgehead atoms. The van der Waals surface area contributed by atoms with Crippen molar-refractivity contribution >= 4 is 16.6 Å². The summed E-state index contributed by atoms with van der Waals surface area (Å²) >= 11 is 0. The number of nitrogens with one attached hydrogen (secondary N) is 1. The average molecular weight is 322 g/mol. The molecule has 122 valence electrons. The third-order valence-corrected chi connectivity index (χ3v) is 4.97. The third kappa shape index (κ3) is 2.42. The van der Waals surface area contributed by atoms with Crippen LogP contribution in [0.1, 0.15) is 29.2 Å². The Morgan fingerprint density at radius 1 is 1.21 bits per heavy atom. The molecule has 0 radical (unpaired) electrons. The first-order valence-corrected chi connectivity index (χ1v) is 8.07. The Labute approximate surface area is 139 Å². The van der Waals surface area contributed by atoms with Crippen LogP contribution in [0.3, 0.4) is 0 Å². The highest BCUT2D eigenvalue weighted by Gasteiger charge is 2.24. The number of aromatic nitrogens is 1. The quantitative estimate of drug-likeness (QED) is 0.575. The lowest BCUT2D eigenvalue weighted by molar-refractivity contribution is -0.384. The second-order valence-corrected chi connectivity index (χ2v) is 6.28. The molecule has 0 saturated heterocycles. The zero-order valence-corrected chi connectivity index (χ0v) is 13.4. The lowest BCUT2D eigenvalue weighted by atomic mass is 9.82. The second-order valence-electron chi connectivity index (χ2n) is 6.28. The van der Waals surface area contributed by atoms with Crippen molar-refractivity contribution in [3.8, 4) is 5.75 Å². The Kier molecular flexibility index (Phi) is 3.49. The largest absolute Gasteiger partial charge is 0.497 e. The van der Waals surface area contributed by atoms with Crippen LogP contribution < -0.4 is 4.74 Å². The highest BCUT2D eigenvalue weighted by molar-refractivity contribution is 5.87. The molecule has 0 spiro atoms. The van der Waals surface area contributed by atoms with Gasteiger partial charge in [0, 0.05) is 28.7 Å². The van der Waals surface area contributed by atoms with Crippen LogP contribution in [0, 0.1) is 10.1 Å². The van der Waals surface area contributed by atoms with Crippen LogP contribution in [0.5, 0.6) is 5.75 Å². The van der Waals surface area contributed by atoms with Crippen molar-refractivity contribution in [2.75, 3.05) is 7.11 Å². The van der Waals surface area contributed by atoms with E-state index in [-0.39, 0.29) is 10.6 Å². The molecule has 2 aromatic carbocycles. The van der Waals surface area contributed by atoms with Gasteiger partial charge in [-0.15, -0.1) is 0 Å². The van der Waals surface area contributed by atoms with E-state index in [4.69, 9.17) is 4.74 Å². The molecule has 0 fully saturated rings. The fraction of sp³-hybridized carbons (Fsp3) is 0.263. The van der Waals surface area contributed by atoms with Gasteiger partial charge in [0.15, 0.2) is 0 Å². The smallest absolute Gasteiger partial charge is 0.270 e. The maximum Gasteiger partial charge on any atom is 0.270 e. The molecule has 1 aromatic heterocycles. The molecule has 1 aliphatic carbocycles. The highest BCUT2D eigenvalue weighted by atomic mass is 16.6. The van der Waals surface area contributed by atoms with E-state index in [0.717, 1.165) is 35.9 Å².